The van der Waals surface area contributed by atoms with Gasteiger partial charge in [0, 0.05) is 35.9 Å². The summed E-state index contributed by atoms with van der Waals surface area (Å²) in [6.07, 6.45) is 9.01. The molecule has 29 heavy (non-hydrogen) atoms. The largest absolute Gasteiger partial charge is 0.384 e. The number of nitrogens with two attached hydrogens (primary N) is 1. The number of fused-ring (bicyclic) bond motifs is 1. The molecular formula is C22H27N7. The van der Waals surface area contributed by atoms with E-state index in [0.717, 1.165) is 41.8 Å². The molecule has 1 unspecified atom stereocenters. The smallest absolute Gasteiger partial charge is 0.162 e. The van der Waals surface area contributed by atoms with Crippen molar-refractivity contribution >= 4 is 22.5 Å². The van der Waals surface area contributed by atoms with Gasteiger partial charge in [-0.1, -0.05) is 13.8 Å². The number of nitrogens with one attached hydrogen (secondary N) is 2. The molecule has 0 radical (unpaired) electrons. The predicted molar refractivity (Wildman–Crippen MR) is 116 cm³/mol. The molecule has 3 aromatic heterocycles. The first-order chi connectivity index (χ1) is 14.0. The summed E-state index contributed by atoms with van der Waals surface area (Å²) in [5, 5.41) is 8.42. The average Bonchev–Trinajstić information content (AvgIpc) is 3.54. The first-order valence-electron chi connectivity index (χ1n) is 10.4. The lowest BCUT2D eigenvalue weighted by Crippen LogP contribution is -2.49. The van der Waals surface area contributed by atoms with Gasteiger partial charge in [-0.3, -0.25) is 4.98 Å². The molecule has 2 fully saturated rings. The summed E-state index contributed by atoms with van der Waals surface area (Å²) in [5.41, 5.74) is 9.04. The molecule has 5 rings (SSSR count). The van der Waals surface area contributed by atoms with Crippen molar-refractivity contribution in [3.63, 3.8) is 0 Å². The van der Waals surface area contributed by atoms with Crippen molar-refractivity contribution in [3.05, 3.63) is 36.3 Å². The normalized spacial score (nSPS) is 21.2. The molecule has 0 aromatic carbocycles. The molecule has 0 spiro atoms. The lowest BCUT2D eigenvalue weighted by atomic mass is 9.80. The Kier molecular flexibility index (Phi) is 4.35. The molecule has 1 aliphatic heterocycles. The number of anilines is 2. The van der Waals surface area contributed by atoms with Crippen molar-refractivity contribution in [2.24, 2.45) is 5.41 Å². The van der Waals surface area contributed by atoms with E-state index in [-0.39, 0.29) is 5.41 Å². The van der Waals surface area contributed by atoms with E-state index in [1.807, 2.05) is 24.5 Å². The van der Waals surface area contributed by atoms with E-state index in [1.165, 1.54) is 18.4 Å². The molecule has 3 aromatic rings. The third-order valence-electron chi connectivity index (χ3n) is 6.14. The minimum Gasteiger partial charge on any atom is -0.384 e. The molecule has 1 aliphatic carbocycles. The van der Waals surface area contributed by atoms with E-state index >= 15 is 0 Å². The Labute approximate surface area is 170 Å². The molecule has 0 bridgehead atoms. The third-order valence-corrected chi connectivity index (χ3v) is 6.14. The standard InChI is InChI=1S/C22H27N7/c1-22(2)12-24-7-6-17(22)28-21-19-15(13-3-4-13)10-25-11-16(19)27-20(29-21)14-5-8-26-18(23)9-14/h5,8-11,13,17,24H,3-4,6-7,12H2,1-2H3,(H2,23,26)(H,27,28,29). The van der Waals surface area contributed by atoms with E-state index in [2.05, 4.69) is 34.4 Å². The maximum atomic E-state index is 5.90. The van der Waals surface area contributed by atoms with Crippen LogP contribution in [0.2, 0.25) is 0 Å². The van der Waals surface area contributed by atoms with E-state index in [1.54, 1.807) is 6.20 Å². The highest BCUT2D eigenvalue weighted by Gasteiger charge is 2.34. The highest BCUT2D eigenvalue weighted by Crippen LogP contribution is 2.44. The van der Waals surface area contributed by atoms with Crippen LogP contribution in [0.5, 0.6) is 0 Å². The van der Waals surface area contributed by atoms with Gasteiger partial charge in [0.25, 0.3) is 0 Å². The first kappa shape index (κ1) is 18.2. The molecule has 7 heteroatoms. The van der Waals surface area contributed by atoms with Gasteiger partial charge in [-0.15, -0.1) is 0 Å². The Bertz CT molecular complexity index is 1060. The Morgan fingerprint density at radius 1 is 1.17 bits per heavy atom. The van der Waals surface area contributed by atoms with Crippen LogP contribution in [0, 0.1) is 5.41 Å². The minimum atomic E-state index is 0.129. The summed E-state index contributed by atoms with van der Waals surface area (Å²) < 4.78 is 0. The second-order valence-electron chi connectivity index (χ2n) is 8.91. The van der Waals surface area contributed by atoms with Gasteiger partial charge >= 0.3 is 0 Å². The van der Waals surface area contributed by atoms with Gasteiger partial charge in [-0.25, -0.2) is 15.0 Å². The van der Waals surface area contributed by atoms with Crippen molar-refractivity contribution in [1.29, 1.82) is 0 Å². The Morgan fingerprint density at radius 3 is 2.79 bits per heavy atom. The van der Waals surface area contributed by atoms with Crippen LogP contribution in [0.3, 0.4) is 0 Å². The van der Waals surface area contributed by atoms with Gasteiger partial charge < -0.3 is 16.4 Å². The quantitative estimate of drug-likeness (QED) is 0.629. The Morgan fingerprint density at radius 2 is 2.03 bits per heavy atom. The SMILES string of the molecule is CC1(C)CNCCC1Nc1nc(-c2ccnc(N)c2)nc2cncc(C3CC3)c12. The zero-order valence-electron chi connectivity index (χ0n) is 16.9. The molecule has 150 valence electrons. The van der Waals surface area contributed by atoms with Crippen LogP contribution in [0.15, 0.2) is 30.7 Å². The fraction of sp³-hybridized carbons (Fsp3) is 0.455. The monoisotopic (exact) mass is 389 g/mol. The summed E-state index contributed by atoms with van der Waals surface area (Å²) in [7, 11) is 0. The minimum absolute atomic E-state index is 0.129. The predicted octanol–water partition coefficient (Wildman–Crippen LogP) is 3.35. The van der Waals surface area contributed by atoms with E-state index in [9.17, 15) is 0 Å². The molecular weight excluding hydrogens is 362 g/mol. The number of aromatic nitrogens is 4. The number of hydrogen-bond acceptors (Lipinski definition) is 7. The molecule has 4 N–H and O–H groups in total. The van der Waals surface area contributed by atoms with Crippen LogP contribution in [-0.2, 0) is 0 Å². The number of pyridine rings is 2. The van der Waals surface area contributed by atoms with Gasteiger partial charge in [0.05, 0.1) is 11.7 Å². The van der Waals surface area contributed by atoms with E-state index < -0.39 is 0 Å². The first-order valence-corrected chi connectivity index (χ1v) is 10.4. The lowest BCUT2D eigenvalue weighted by molar-refractivity contribution is 0.236. The Hall–Kier alpha value is -2.80. The number of rotatable bonds is 4. The fourth-order valence-corrected chi connectivity index (χ4v) is 4.24. The average molecular weight is 390 g/mol. The van der Waals surface area contributed by atoms with Crippen molar-refractivity contribution in [2.75, 3.05) is 24.1 Å². The summed E-state index contributed by atoms with van der Waals surface area (Å²) in [4.78, 5) is 18.4. The van der Waals surface area contributed by atoms with Crippen molar-refractivity contribution in [3.8, 4) is 11.4 Å². The maximum Gasteiger partial charge on any atom is 0.162 e. The highest BCUT2D eigenvalue weighted by atomic mass is 15.1. The van der Waals surface area contributed by atoms with Gasteiger partial charge in [0.2, 0.25) is 0 Å². The number of piperidine rings is 1. The number of hydrogen-bond donors (Lipinski definition) is 3. The van der Waals surface area contributed by atoms with E-state index in [0.29, 0.717) is 23.6 Å². The topological polar surface area (TPSA) is 102 Å². The lowest BCUT2D eigenvalue weighted by Gasteiger charge is -2.40. The summed E-state index contributed by atoms with van der Waals surface area (Å²) >= 11 is 0. The van der Waals surface area contributed by atoms with Gasteiger partial charge in [-0.2, -0.15) is 0 Å². The van der Waals surface area contributed by atoms with Crippen LogP contribution >= 0.6 is 0 Å². The summed E-state index contributed by atoms with van der Waals surface area (Å²) in [5.74, 6) is 2.59. The van der Waals surface area contributed by atoms with Gasteiger partial charge in [0.1, 0.15) is 11.6 Å². The van der Waals surface area contributed by atoms with Crippen molar-refractivity contribution in [1.82, 2.24) is 25.3 Å². The van der Waals surface area contributed by atoms with Crippen LogP contribution in [-0.4, -0.2) is 39.1 Å². The van der Waals surface area contributed by atoms with Crippen LogP contribution in [0.4, 0.5) is 11.6 Å². The fourth-order valence-electron chi connectivity index (χ4n) is 4.24. The molecule has 1 saturated carbocycles. The molecule has 2 aliphatic rings. The maximum absolute atomic E-state index is 5.90. The highest BCUT2D eigenvalue weighted by molar-refractivity contribution is 5.93. The number of nitrogens with zero attached hydrogens (tertiary/aromatic N) is 4. The zero-order valence-corrected chi connectivity index (χ0v) is 16.9. The molecule has 1 saturated heterocycles. The van der Waals surface area contributed by atoms with E-state index in [4.69, 9.17) is 15.7 Å². The molecule has 1 atom stereocenters. The Balaban J connectivity index is 1.66. The zero-order chi connectivity index (χ0) is 20.0. The van der Waals surface area contributed by atoms with Crippen LogP contribution in [0.25, 0.3) is 22.3 Å². The molecule has 0 amide bonds. The third kappa shape index (κ3) is 3.51. The number of nitrogen functional groups attached to an aromatic ring is 1. The van der Waals surface area contributed by atoms with Crippen LogP contribution in [0.1, 0.15) is 44.6 Å². The van der Waals surface area contributed by atoms with Gasteiger partial charge in [-0.05, 0) is 54.8 Å². The second kappa shape index (κ2) is 6.91. The molecule has 7 nitrogen and oxygen atoms in total. The molecule has 4 heterocycles. The summed E-state index contributed by atoms with van der Waals surface area (Å²) in [6.45, 7) is 6.59. The summed E-state index contributed by atoms with van der Waals surface area (Å²) in [6, 6.07) is 4.04. The van der Waals surface area contributed by atoms with Crippen molar-refractivity contribution in [2.45, 2.75) is 45.1 Å². The van der Waals surface area contributed by atoms with Crippen molar-refractivity contribution < 1.29 is 0 Å². The van der Waals surface area contributed by atoms with Gasteiger partial charge in [0.15, 0.2) is 5.82 Å². The van der Waals surface area contributed by atoms with Crippen LogP contribution < -0.4 is 16.4 Å². The second-order valence-corrected chi connectivity index (χ2v) is 8.91.